The number of para-hydroxylation sites is 1. The van der Waals surface area contributed by atoms with Crippen molar-refractivity contribution in [2.45, 2.75) is 13.8 Å². The fourth-order valence-electron chi connectivity index (χ4n) is 1.05. The zero-order valence-electron chi connectivity index (χ0n) is 13.5. The molecule has 1 rings (SSSR count). The molecule has 0 aliphatic carbocycles. The molecule has 0 spiro atoms. The molecule has 4 N–H and O–H groups in total. The summed E-state index contributed by atoms with van der Waals surface area (Å²) in [7, 11) is -4.39. The lowest BCUT2D eigenvalue weighted by molar-refractivity contribution is 0.0650. The van der Waals surface area contributed by atoms with E-state index >= 15 is 0 Å². The van der Waals surface area contributed by atoms with E-state index in [9.17, 15) is 4.57 Å². The third-order valence-electron chi connectivity index (χ3n) is 1.85. The predicted molar refractivity (Wildman–Crippen MR) is 86.3 cm³/mol. The van der Waals surface area contributed by atoms with Crippen molar-refractivity contribution in [1.82, 2.24) is 0 Å². The molecule has 0 atom stereocenters. The van der Waals surface area contributed by atoms with Gasteiger partial charge in [0.05, 0.1) is 26.4 Å². The largest absolute Gasteiger partial charge is 0.524 e. The maximum atomic E-state index is 10.3. The molecule has 0 heterocycles. The van der Waals surface area contributed by atoms with Crippen LogP contribution in [0.15, 0.2) is 30.3 Å². The topological polar surface area (TPSA) is 126 Å². The lowest BCUT2D eigenvalue weighted by Crippen LogP contribution is -2.03. The Bertz CT molecular complexity index is 376. The molecular weight excluding hydrogens is 327 g/mol. The quantitative estimate of drug-likeness (QED) is 0.405. The maximum absolute atomic E-state index is 10.3. The van der Waals surface area contributed by atoms with E-state index in [4.69, 9.17) is 24.7 Å². The lowest BCUT2D eigenvalue weighted by atomic mass is 10.3. The SMILES string of the molecule is CCOCC.O=P(O)(O)Oc1ccccc1.OCCOCCO. The molecule has 0 saturated heterocycles. The summed E-state index contributed by atoms with van der Waals surface area (Å²) in [4.78, 5) is 16.7. The van der Waals surface area contributed by atoms with Crippen LogP contribution in [0.2, 0.25) is 0 Å². The normalized spacial score (nSPS) is 10.0. The van der Waals surface area contributed by atoms with E-state index in [-0.39, 0.29) is 19.0 Å². The summed E-state index contributed by atoms with van der Waals surface area (Å²) >= 11 is 0. The van der Waals surface area contributed by atoms with E-state index in [1.54, 1.807) is 18.2 Å². The number of aliphatic hydroxyl groups excluding tert-OH is 2. The van der Waals surface area contributed by atoms with Gasteiger partial charge in [-0.3, -0.25) is 9.79 Å². The summed E-state index contributed by atoms with van der Waals surface area (Å²) in [5, 5.41) is 16.2. The first-order valence-electron chi connectivity index (χ1n) is 7.08. The highest BCUT2D eigenvalue weighted by atomic mass is 31.2. The number of hydrogen-bond acceptors (Lipinski definition) is 6. The van der Waals surface area contributed by atoms with E-state index in [0.717, 1.165) is 13.2 Å². The smallest absolute Gasteiger partial charge is 0.404 e. The van der Waals surface area contributed by atoms with E-state index in [0.29, 0.717) is 13.2 Å². The molecule has 0 saturated carbocycles. The second-order valence-corrected chi connectivity index (χ2v) is 4.90. The number of phosphoric acid groups is 1. The van der Waals surface area contributed by atoms with Crippen LogP contribution in [0.1, 0.15) is 13.8 Å². The maximum Gasteiger partial charge on any atom is 0.524 e. The molecular formula is C14H27O8P. The van der Waals surface area contributed by atoms with Gasteiger partial charge in [-0.2, -0.15) is 0 Å². The molecule has 0 bridgehead atoms. The van der Waals surface area contributed by atoms with Gasteiger partial charge in [0.1, 0.15) is 5.75 Å². The number of phosphoric ester groups is 1. The molecule has 0 unspecified atom stereocenters. The van der Waals surface area contributed by atoms with Crippen molar-refractivity contribution < 1.29 is 38.6 Å². The summed E-state index contributed by atoms with van der Waals surface area (Å²) in [5.74, 6) is 0.167. The van der Waals surface area contributed by atoms with E-state index in [1.165, 1.54) is 12.1 Å². The number of rotatable bonds is 8. The average Bonchev–Trinajstić information content (AvgIpc) is 2.49. The minimum atomic E-state index is -4.39. The van der Waals surface area contributed by atoms with Gasteiger partial charge in [0, 0.05) is 13.2 Å². The Balaban J connectivity index is 0. The Labute approximate surface area is 136 Å². The molecule has 9 heteroatoms. The Morgan fingerprint density at radius 1 is 0.913 bits per heavy atom. The summed E-state index contributed by atoms with van der Waals surface area (Å²) in [6.07, 6.45) is 0. The Morgan fingerprint density at radius 2 is 1.39 bits per heavy atom. The monoisotopic (exact) mass is 354 g/mol. The predicted octanol–water partition coefficient (Wildman–Crippen LogP) is 1.19. The Kier molecular flexibility index (Phi) is 18.3. The molecule has 0 radical (unpaired) electrons. The Hall–Kier alpha value is -0.990. The van der Waals surface area contributed by atoms with Gasteiger partial charge in [0.2, 0.25) is 0 Å². The first-order chi connectivity index (χ1) is 10.9. The van der Waals surface area contributed by atoms with Gasteiger partial charge < -0.3 is 24.2 Å². The van der Waals surface area contributed by atoms with Crippen molar-refractivity contribution in [3.63, 3.8) is 0 Å². The van der Waals surface area contributed by atoms with Gasteiger partial charge >= 0.3 is 7.82 Å². The van der Waals surface area contributed by atoms with Gasteiger partial charge in [-0.15, -0.1) is 0 Å². The first kappa shape index (κ1) is 24.3. The van der Waals surface area contributed by atoms with Gasteiger partial charge in [-0.05, 0) is 26.0 Å². The first-order valence-corrected chi connectivity index (χ1v) is 8.61. The number of hydrogen-bond donors (Lipinski definition) is 4. The number of aliphatic hydroxyl groups is 2. The highest BCUT2D eigenvalue weighted by molar-refractivity contribution is 7.46. The summed E-state index contributed by atoms with van der Waals surface area (Å²) in [6, 6.07) is 7.93. The van der Waals surface area contributed by atoms with Gasteiger partial charge in [-0.1, -0.05) is 18.2 Å². The third kappa shape index (κ3) is 23.4. The van der Waals surface area contributed by atoms with E-state index < -0.39 is 7.82 Å². The molecule has 8 nitrogen and oxygen atoms in total. The van der Waals surface area contributed by atoms with Crippen molar-refractivity contribution in [1.29, 1.82) is 0 Å². The molecule has 136 valence electrons. The Morgan fingerprint density at radius 3 is 1.70 bits per heavy atom. The number of ether oxygens (including phenoxy) is 2. The summed E-state index contributed by atoms with van der Waals surface area (Å²) in [6.45, 7) is 6.36. The average molecular weight is 354 g/mol. The molecule has 23 heavy (non-hydrogen) atoms. The zero-order chi connectivity index (χ0) is 18.0. The van der Waals surface area contributed by atoms with Crippen LogP contribution in [-0.2, 0) is 14.0 Å². The third-order valence-corrected chi connectivity index (χ3v) is 2.30. The second-order valence-electron chi connectivity index (χ2n) is 3.74. The summed E-state index contributed by atoms with van der Waals surface area (Å²) in [5.41, 5.74) is 0. The standard InChI is InChI=1S/C6H7O4P.C4H10O3.C4H10O/c7-11(8,9)10-6-4-2-1-3-5-6;5-1-3-7-4-2-6;1-3-5-4-2/h1-5H,(H2,7,8,9);5-6H,1-4H2;3-4H2,1-2H3. The van der Waals surface area contributed by atoms with Crippen LogP contribution in [0.4, 0.5) is 0 Å². The summed E-state index contributed by atoms with van der Waals surface area (Å²) < 4.78 is 24.0. The highest BCUT2D eigenvalue weighted by Crippen LogP contribution is 2.36. The minimum absolute atomic E-state index is 0.0278. The van der Waals surface area contributed by atoms with Crippen LogP contribution in [0.3, 0.4) is 0 Å². The lowest BCUT2D eigenvalue weighted by Gasteiger charge is -2.04. The molecule has 1 aromatic rings. The van der Waals surface area contributed by atoms with Crippen molar-refractivity contribution >= 4 is 7.82 Å². The van der Waals surface area contributed by atoms with Crippen molar-refractivity contribution in [2.75, 3.05) is 39.6 Å². The van der Waals surface area contributed by atoms with Gasteiger partial charge in [0.15, 0.2) is 0 Å². The van der Waals surface area contributed by atoms with E-state index in [1.807, 2.05) is 13.8 Å². The molecule has 0 fully saturated rings. The van der Waals surface area contributed by atoms with Crippen LogP contribution in [0.25, 0.3) is 0 Å². The van der Waals surface area contributed by atoms with E-state index in [2.05, 4.69) is 9.26 Å². The number of benzene rings is 1. The highest BCUT2D eigenvalue weighted by Gasteiger charge is 2.14. The van der Waals surface area contributed by atoms with Crippen LogP contribution < -0.4 is 4.52 Å². The molecule has 1 aromatic carbocycles. The second kappa shape index (κ2) is 17.4. The van der Waals surface area contributed by atoms with Crippen LogP contribution in [-0.4, -0.2) is 59.6 Å². The van der Waals surface area contributed by atoms with Crippen molar-refractivity contribution in [3.05, 3.63) is 30.3 Å². The minimum Gasteiger partial charge on any atom is -0.404 e. The fourth-order valence-corrected chi connectivity index (χ4v) is 1.45. The molecule has 0 aromatic heterocycles. The van der Waals surface area contributed by atoms with Gasteiger partial charge in [-0.25, -0.2) is 4.57 Å². The fraction of sp³-hybridized carbons (Fsp3) is 0.571. The van der Waals surface area contributed by atoms with Crippen LogP contribution >= 0.6 is 7.82 Å². The van der Waals surface area contributed by atoms with Crippen LogP contribution in [0, 0.1) is 0 Å². The molecule has 0 amide bonds. The van der Waals surface area contributed by atoms with Crippen molar-refractivity contribution in [2.24, 2.45) is 0 Å². The van der Waals surface area contributed by atoms with Gasteiger partial charge in [0.25, 0.3) is 0 Å². The molecule has 0 aliphatic rings. The zero-order valence-corrected chi connectivity index (χ0v) is 14.4. The van der Waals surface area contributed by atoms with Crippen molar-refractivity contribution in [3.8, 4) is 5.75 Å². The molecule has 0 aliphatic heterocycles. The van der Waals surface area contributed by atoms with Crippen LogP contribution in [0.5, 0.6) is 5.75 Å².